The normalized spacial score (nSPS) is 10.3. The summed E-state index contributed by atoms with van der Waals surface area (Å²) in [4.78, 5) is 6.65. The van der Waals surface area contributed by atoms with Crippen LogP contribution in [0.2, 0.25) is 0 Å². The van der Waals surface area contributed by atoms with Gasteiger partial charge in [-0.25, -0.2) is 4.98 Å². The van der Waals surface area contributed by atoms with Gasteiger partial charge in [0.25, 0.3) is 0 Å². The van der Waals surface area contributed by atoms with E-state index in [4.69, 9.17) is 4.74 Å². The van der Waals surface area contributed by atoms with E-state index >= 15 is 0 Å². The van der Waals surface area contributed by atoms with Crippen LogP contribution in [0.1, 0.15) is 6.42 Å². The van der Waals surface area contributed by atoms with Crippen LogP contribution in [0, 0.1) is 0 Å². The second kappa shape index (κ2) is 9.52. The van der Waals surface area contributed by atoms with Crippen molar-refractivity contribution in [2.45, 2.75) is 6.42 Å². The van der Waals surface area contributed by atoms with Crippen LogP contribution in [0.4, 0.5) is 0 Å². The summed E-state index contributed by atoms with van der Waals surface area (Å²) in [5, 5.41) is 0. The molecular formula is C18H23Cl2N3O. The van der Waals surface area contributed by atoms with E-state index in [2.05, 4.69) is 46.7 Å². The molecule has 4 nitrogen and oxygen atoms in total. The van der Waals surface area contributed by atoms with Crippen molar-refractivity contribution in [2.75, 3.05) is 27.2 Å². The number of imidazole rings is 1. The van der Waals surface area contributed by atoms with Gasteiger partial charge >= 0.3 is 0 Å². The van der Waals surface area contributed by atoms with Crippen molar-refractivity contribution in [3.63, 3.8) is 0 Å². The largest absolute Gasteiger partial charge is 0.493 e. The summed E-state index contributed by atoms with van der Waals surface area (Å²) in [6, 6.07) is 16.3. The van der Waals surface area contributed by atoms with Crippen molar-refractivity contribution >= 4 is 35.8 Å². The Morgan fingerprint density at radius 1 is 1.04 bits per heavy atom. The second-order valence-electron chi connectivity index (χ2n) is 5.61. The maximum absolute atomic E-state index is 5.80. The van der Waals surface area contributed by atoms with Crippen LogP contribution in [0.15, 0.2) is 54.9 Å². The Labute approximate surface area is 155 Å². The van der Waals surface area contributed by atoms with Crippen molar-refractivity contribution in [1.29, 1.82) is 0 Å². The third kappa shape index (κ3) is 4.87. The predicted molar refractivity (Wildman–Crippen MR) is 104 cm³/mol. The molecule has 0 amide bonds. The van der Waals surface area contributed by atoms with Crippen molar-refractivity contribution in [3.05, 3.63) is 54.9 Å². The van der Waals surface area contributed by atoms with E-state index in [-0.39, 0.29) is 24.8 Å². The van der Waals surface area contributed by atoms with E-state index in [1.54, 1.807) is 0 Å². The first-order valence-electron chi connectivity index (χ1n) is 7.54. The van der Waals surface area contributed by atoms with E-state index in [0.717, 1.165) is 42.0 Å². The molecule has 3 rings (SSSR count). The number of ether oxygens (including phenoxy) is 1. The van der Waals surface area contributed by atoms with E-state index < -0.39 is 0 Å². The molecule has 0 aliphatic rings. The number of fused-ring (bicyclic) bond motifs is 1. The molecule has 0 aliphatic carbocycles. The van der Waals surface area contributed by atoms with Gasteiger partial charge in [0.1, 0.15) is 12.1 Å². The Morgan fingerprint density at radius 2 is 1.79 bits per heavy atom. The van der Waals surface area contributed by atoms with Crippen LogP contribution in [0.5, 0.6) is 5.75 Å². The lowest BCUT2D eigenvalue weighted by molar-refractivity contribution is 0.282. The van der Waals surface area contributed by atoms with Crippen LogP contribution in [-0.2, 0) is 0 Å². The van der Waals surface area contributed by atoms with E-state index in [0.29, 0.717) is 0 Å². The maximum atomic E-state index is 5.80. The van der Waals surface area contributed by atoms with Gasteiger partial charge in [-0.3, -0.25) is 4.57 Å². The molecule has 0 saturated carbocycles. The molecule has 0 atom stereocenters. The zero-order chi connectivity index (χ0) is 15.4. The molecule has 0 saturated heterocycles. The van der Waals surface area contributed by atoms with E-state index in [9.17, 15) is 0 Å². The summed E-state index contributed by atoms with van der Waals surface area (Å²) in [6.07, 6.45) is 2.87. The summed E-state index contributed by atoms with van der Waals surface area (Å²) in [5.41, 5.74) is 3.16. The Kier molecular flexibility index (Phi) is 8.05. The van der Waals surface area contributed by atoms with Gasteiger partial charge in [-0.15, -0.1) is 24.8 Å². The summed E-state index contributed by atoms with van der Waals surface area (Å²) < 4.78 is 7.89. The van der Waals surface area contributed by atoms with Gasteiger partial charge in [-0.2, -0.15) is 0 Å². The van der Waals surface area contributed by atoms with E-state index in [1.165, 1.54) is 0 Å². The first kappa shape index (κ1) is 20.3. The molecule has 0 fully saturated rings. The molecule has 1 heterocycles. The summed E-state index contributed by atoms with van der Waals surface area (Å²) in [6.45, 7) is 1.76. The van der Waals surface area contributed by atoms with Gasteiger partial charge in [0.2, 0.25) is 0 Å². The molecule has 0 spiro atoms. The van der Waals surface area contributed by atoms with E-state index in [1.807, 2.05) is 36.7 Å². The number of hydrogen-bond donors (Lipinski definition) is 0. The fourth-order valence-corrected chi connectivity index (χ4v) is 2.45. The van der Waals surface area contributed by atoms with Gasteiger partial charge in [-0.05, 0) is 44.8 Å². The minimum atomic E-state index is 0. The Hall–Kier alpha value is -1.75. The number of nitrogens with zero attached hydrogens (tertiary/aromatic N) is 3. The standard InChI is InChI=1S/C18H21N3O.2ClH/c1-20(2)11-6-12-22-16-9-10-18-17(13-16)19-14-21(18)15-7-4-3-5-8-15;;/h3-5,7-10,13-14H,6,11-12H2,1-2H3;2*1H. The highest BCUT2D eigenvalue weighted by Crippen LogP contribution is 2.22. The molecule has 1 aromatic heterocycles. The molecule has 6 heteroatoms. The van der Waals surface area contributed by atoms with Gasteiger partial charge < -0.3 is 9.64 Å². The zero-order valence-electron chi connectivity index (χ0n) is 13.9. The number of benzene rings is 2. The van der Waals surface area contributed by atoms with Gasteiger partial charge in [-0.1, -0.05) is 18.2 Å². The highest BCUT2D eigenvalue weighted by molar-refractivity contribution is 5.85. The number of para-hydroxylation sites is 1. The molecule has 0 aliphatic heterocycles. The highest BCUT2D eigenvalue weighted by Gasteiger charge is 2.05. The lowest BCUT2D eigenvalue weighted by Gasteiger charge is -2.10. The summed E-state index contributed by atoms with van der Waals surface area (Å²) in [7, 11) is 4.14. The fourth-order valence-electron chi connectivity index (χ4n) is 2.45. The van der Waals surface area contributed by atoms with Gasteiger partial charge in [0.15, 0.2) is 0 Å². The minimum Gasteiger partial charge on any atom is -0.493 e. The highest BCUT2D eigenvalue weighted by atomic mass is 35.5. The number of hydrogen-bond acceptors (Lipinski definition) is 3. The molecule has 0 unspecified atom stereocenters. The summed E-state index contributed by atoms with van der Waals surface area (Å²) >= 11 is 0. The number of rotatable bonds is 6. The quantitative estimate of drug-likeness (QED) is 0.611. The Balaban J connectivity index is 0.00000144. The Bertz CT molecular complexity index is 744. The van der Waals surface area contributed by atoms with Crippen molar-refractivity contribution in [1.82, 2.24) is 14.5 Å². The van der Waals surface area contributed by atoms with Crippen molar-refractivity contribution in [3.8, 4) is 11.4 Å². The molecule has 0 N–H and O–H groups in total. The Morgan fingerprint density at radius 3 is 2.50 bits per heavy atom. The minimum absolute atomic E-state index is 0. The first-order chi connectivity index (χ1) is 10.7. The second-order valence-corrected chi connectivity index (χ2v) is 5.61. The SMILES string of the molecule is CN(C)CCCOc1ccc2c(c1)ncn2-c1ccccc1.Cl.Cl. The van der Waals surface area contributed by atoms with Gasteiger partial charge in [0, 0.05) is 18.3 Å². The average molecular weight is 368 g/mol. The first-order valence-corrected chi connectivity index (χ1v) is 7.54. The average Bonchev–Trinajstić information content (AvgIpc) is 2.95. The molecule has 0 bridgehead atoms. The lowest BCUT2D eigenvalue weighted by Crippen LogP contribution is -2.15. The molecule has 3 aromatic rings. The molecule has 130 valence electrons. The molecule has 2 aromatic carbocycles. The summed E-state index contributed by atoms with van der Waals surface area (Å²) in [5.74, 6) is 0.879. The number of halogens is 2. The third-order valence-electron chi connectivity index (χ3n) is 3.57. The molecule has 24 heavy (non-hydrogen) atoms. The van der Waals surface area contributed by atoms with Crippen LogP contribution in [-0.4, -0.2) is 41.7 Å². The fraction of sp³-hybridized carbons (Fsp3) is 0.278. The molecule has 0 radical (unpaired) electrons. The van der Waals surface area contributed by atoms with Gasteiger partial charge in [0.05, 0.1) is 17.6 Å². The van der Waals surface area contributed by atoms with Crippen molar-refractivity contribution in [2.24, 2.45) is 0 Å². The van der Waals surface area contributed by atoms with Crippen LogP contribution >= 0.6 is 24.8 Å². The molecular weight excluding hydrogens is 345 g/mol. The lowest BCUT2D eigenvalue weighted by atomic mass is 10.2. The van der Waals surface area contributed by atoms with Crippen LogP contribution < -0.4 is 4.74 Å². The van der Waals surface area contributed by atoms with Crippen molar-refractivity contribution < 1.29 is 4.74 Å². The van der Waals surface area contributed by atoms with Crippen LogP contribution in [0.25, 0.3) is 16.7 Å². The maximum Gasteiger partial charge on any atom is 0.121 e. The zero-order valence-corrected chi connectivity index (χ0v) is 15.5. The third-order valence-corrected chi connectivity index (χ3v) is 3.57. The van der Waals surface area contributed by atoms with Crippen LogP contribution in [0.3, 0.4) is 0 Å². The monoisotopic (exact) mass is 367 g/mol. The topological polar surface area (TPSA) is 30.3 Å². The predicted octanol–water partition coefficient (Wildman–Crippen LogP) is 4.20. The number of aromatic nitrogens is 2. The smallest absolute Gasteiger partial charge is 0.121 e.